The highest BCUT2D eigenvalue weighted by Crippen LogP contribution is 2.37. The maximum absolute atomic E-state index is 12.8. The molecule has 2 N–H and O–H groups in total. The van der Waals surface area contributed by atoms with Crippen molar-refractivity contribution in [3.8, 4) is 11.1 Å². The van der Waals surface area contributed by atoms with E-state index in [1.165, 1.54) is 11.3 Å². The Labute approximate surface area is 172 Å². The minimum atomic E-state index is -1.08. The summed E-state index contributed by atoms with van der Waals surface area (Å²) in [7, 11) is 0. The third-order valence-corrected chi connectivity index (χ3v) is 6.03. The summed E-state index contributed by atoms with van der Waals surface area (Å²) in [5.41, 5.74) is 2.47. The predicted molar refractivity (Wildman–Crippen MR) is 114 cm³/mol. The number of amides is 1. The number of benzene rings is 2. The molecule has 0 radical (unpaired) electrons. The summed E-state index contributed by atoms with van der Waals surface area (Å²) in [5, 5.41) is 15.2. The highest BCUT2D eigenvalue weighted by molar-refractivity contribution is 7.15. The summed E-state index contributed by atoms with van der Waals surface area (Å²) in [6, 6.07) is 16.7. The monoisotopic (exact) mass is 413 g/mol. The standard InChI is InChI=1S/C22H20ClNO3S/c1-13(15-6-4-3-5-7-15)14(2)20(25)24-21-19(22(26)27)18(12-28-21)16-8-10-17(23)11-9-16/h3-14H,1-2H3,(H,24,25)(H,26,27). The van der Waals surface area contributed by atoms with E-state index in [9.17, 15) is 14.7 Å². The molecule has 2 unspecified atom stereocenters. The van der Waals surface area contributed by atoms with Gasteiger partial charge in [-0.1, -0.05) is 67.9 Å². The molecule has 4 nitrogen and oxygen atoms in total. The minimum Gasteiger partial charge on any atom is -0.478 e. The van der Waals surface area contributed by atoms with E-state index in [0.29, 0.717) is 15.6 Å². The van der Waals surface area contributed by atoms with E-state index in [4.69, 9.17) is 11.6 Å². The summed E-state index contributed by atoms with van der Waals surface area (Å²) in [6.07, 6.45) is 0. The van der Waals surface area contributed by atoms with Crippen LogP contribution in [0.15, 0.2) is 60.0 Å². The number of carbonyl (C=O) groups is 2. The van der Waals surface area contributed by atoms with Gasteiger partial charge in [0.2, 0.25) is 5.91 Å². The number of carbonyl (C=O) groups excluding carboxylic acids is 1. The second-order valence-corrected chi connectivity index (χ2v) is 7.96. The lowest BCUT2D eigenvalue weighted by molar-refractivity contribution is -0.119. The van der Waals surface area contributed by atoms with Crippen molar-refractivity contribution in [1.29, 1.82) is 0 Å². The SMILES string of the molecule is CC(C(=O)Nc1scc(-c2ccc(Cl)cc2)c1C(=O)O)C(C)c1ccccc1. The van der Waals surface area contributed by atoms with Crippen LogP contribution in [0.25, 0.3) is 11.1 Å². The Kier molecular flexibility index (Phi) is 6.17. The van der Waals surface area contributed by atoms with Gasteiger partial charge >= 0.3 is 5.97 Å². The maximum atomic E-state index is 12.8. The molecule has 1 amide bonds. The van der Waals surface area contributed by atoms with Gasteiger partial charge in [-0.25, -0.2) is 4.79 Å². The lowest BCUT2D eigenvalue weighted by Crippen LogP contribution is -2.25. The van der Waals surface area contributed by atoms with Gasteiger partial charge in [-0.2, -0.15) is 0 Å². The summed E-state index contributed by atoms with van der Waals surface area (Å²) in [5.74, 6) is -1.59. The Hall–Kier alpha value is -2.63. The van der Waals surface area contributed by atoms with Crippen LogP contribution >= 0.6 is 22.9 Å². The molecule has 0 fully saturated rings. The highest BCUT2D eigenvalue weighted by atomic mass is 35.5. The first-order chi connectivity index (χ1) is 13.4. The number of rotatable bonds is 6. The van der Waals surface area contributed by atoms with Crippen molar-refractivity contribution in [2.24, 2.45) is 5.92 Å². The molecular weight excluding hydrogens is 394 g/mol. The Morgan fingerprint density at radius 2 is 1.68 bits per heavy atom. The molecule has 2 aromatic carbocycles. The van der Waals surface area contributed by atoms with E-state index in [2.05, 4.69) is 5.32 Å². The van der Waals surface area contributed by atoms with Crippen LogP contribution in [0.1, 0.15) is 35.7 Å². The van der Waals surface area contributed by atoms with Crippen molar-refractivity contribution in [2.45, 2.75) is 19.8 Å². The van der Waals surface area contributed by atoms with E-state index in [0.717, 1.165) is 11.1 Å². The van der Waals surface area contributed by atoms with E-state index >= 15 is 0 Å². The molecule has 144 valence electrons. The fraction of sp³-hybridized carbons (Fsp3) is 0.182. The number of carboxylic acids is 1. The number of hydrogen-bond acceptors (Lipinski definition) is 3. The van der Waals surface area contributed by atoms with Crippen molar-refractivity contribution in [3.05, 3.63) is 76.1 Å². The Morgan fingerprint density at radius 1 is 1.04 bits per heavy atom. The summed E-state index contributed by atoms with van der Waals surface area (Å²) in [4.78, 5) is 24.7. The van der Waals surface area contributed by atoms with Gasteiger partial charge in [0.15, 0.2) is 0 Å². The molecular formula is C22H20ClNO3S. The van der Waals surface area contributed by atoms with Gasteiger partial charge in [-0.05, 0) is 29.2 Å². The summed E-state index contributed by atoms with van der Waals surface area (Å²) < 4.78 is 0. The molecule has 0 saturated carbocycles. The van der Waals surface area contributed by atoms with Gasteiger partial charge in [0.25, 0.3) is 0 Å². The molecule has 0 aliphatic carbocycles. The third-order valence-electron chi connectivity index (χ3n) is 4.89. The summed E-state index contributed by atoms with van der Waals surface area (Å²) >= 11 is 7.13. The second kappa shape index (κ2) is 8.59. The maximum Gasteiger partial charge on any atom is 0.339 e. The Balaban J connectivity index is 1.85. The predicted octanol–water partition coefficient (Wildman–Crippen LogP) is 6.15. The van der Waals surface area contributed by atoms with Crippen molar-refractivity contribution in [3.63, 3.8) is 0 Å². The van der Waals surface area contributed by atoms with Crippen molar-refractivity contribution in [1.82, 2.24) is 0 Å². The van der Waals surface area contributed by atoms with Crippen LogP contribution in [0.3, 0.4) is 0 Å². The largest absolute Gasteiger partial charge is 0.478 e. The van der Waals surface area contributed by atoms with Crippen LogP contribution in [0.2, 0.25) is 5.02 Å². The molecule has 6 heteroatoms. The molecule has 28 heavy (non-hydrogen) atoms. The van der Waals surface area contributed by atoms with Crippen molar-refractivity contribution in [2.75, 3.05) is 5.32 Å². The van der Waals surface area contributed by atoms with Crippen LogP contribution in [0.5, 0.6) is 0 Å². The first-order valence-electron chi connectivity index (χ1n) is 8.85. The molecule has 0 bridgehead atoms. The van der Waals surface area contributed by atoms with Crippen molar-refractivity contribution >= 4 is 39.8 Å². The highest BCUT2D eigenvalue weighted by Gasteiger charge is 2.25. The second-order valence-electron chi connectivity index (χ2n) is 6.64. The van der Waals surface area contributed by atoms with E-state index in [-0.39, 0.29) is 23.3 Å². The number of nitrogens with one attached hydrogen (secondary N) is 1. The molecule has 0 aliphatic heterocycles. The Morgan fingerprint density at radius 3 is 2.29 bits per heavy atom. The first kappa shape index (κ1) is 20.1. The summed E-state index contributed by atoms with van der Waals surface area (Å²) in [6.45, 7) is 3.84. The minimum absolute atomic E-state index is 0.00479. The number of thiophene rings is 1. The van der Waals surface area contributed by atoms with Gasteiger partial charge in [-0.15, -0.1) is 11.3 Å². The molecule has 3 aromatic rings. The number of anilines is 1. The topological polar surface area (TPSA) is 66.4 Å². The van der Waals surface area contributed by atoms with Crippen LogP contribution in [0.4, 0.5) is 5.00 Å². The number of hydrogen-bond donors (Lipinski definition) is 2. The first-order valence-corrected chi connectivity index (χ1v) is 10.1. The zero-order valence-corrected chi connectivity index (χ0v) is 17.1. The lowest BCUT2D eigenvalue weighted by atomic mass is 9.88. The quantitative estimate of drug-likeness (QED) is 0.509. The Bertz CT molecular complexity index is 983. The third kappa shape index (κ3) is 4.26. The molecule has 1 heterocycles. The fourth-order valence-corrected chi connectivity index (χ4v) is 4.09. The number of halogens is 1. The van der Waals surface area contributed by atoms with E-state index in [1.807, 2.05) is 44.2 Å². The smallest absolute Gasteiger partial charge is 0.339 e. The number of carboxylic acid groups (broad SMARTS) is 1. The van der Waals surface area contributed by atoms with Crippen LogP contribution in [0, 0.1) is 5.92 Å². The average Bonchev–Trinajstić information content (AvgIpc) is 3.11. The molecule has 2 atom stereocenters. The molecule has 0 saturated heterocycles. The lowest BCUT2D eigenvalue weighted by Gasteiger charge is -2.19. The van der Waals surface area contributed by atoms with Gasteiger partial charge in [0, 0.05) is 21.9 Å². The van der Waals surface area contributed by atoms with Crippen LogP contribution in [-0.4, -0.2) is 17.0 Å². The zero-order chi connectivity index (χ0) is 20.3. The fourth-order valence-electron chi connectivity index (χ4n) is 3.00. The molecule has 1 aromatic heterocycles. The number of aromatic carboxylic acids is 1. The molecule has 0 spiro atoms. The van der Waals surface area contributed by atoms with Crippen molar-refractivity contribution < 1.29 is 14.7 Å². The average molecular weight is 414 g/mol. The van der Waals surface area contributed by atoms with Gasteiger partial charge in [0.05, 0.1) is 0 Å². The molecule has 0 aliphatic rings. The zero-order valence-electron chi connectivity index (χ0n) is 15.5. The molecule has 3 rings (SSSR count). The van der Waals surface area contributed by atoms with Gasteiger partial charge in [-0.3, -0.25) is 4.79 Å². The van der Waals surface area contributed by atoms with E-state index in [1.54, 1.807) is 29.6 Å². The van der Waals surface area contributed by atoms with Gasteiger partial charge in [0.1, 0.15) is 10.6 Å². The van der Waals surface area contributed by atoms with Gasteiger partial charge < -0.3 is 10.4 Å². The normalized spacial score (nSPS) is 13.0. The van der Waals surface area contributed by atoms with Crippen LogP contribution in [-0.2, 0) is 4.79 Å². The van der Waals surface area contributed by atoms with E-state index < -0.39 is 5.97 Å². The van der Waals surface area contributed by atoms with Crippen LogP contribution < -0.4 is 5.32 Å².